The molecule has 1 nitrogen and oxygen atoms in total. The van der Waals surface area contributed by atoms with Gasteiger partial charge in [0.2, 0.25) is 0 Å². The Balaban J connectivity index is 2.61. The topological polar surface area (TPSA) is 9.23 Å². The molecule has 1 aliphatic carbocycles. The molecule has 1 unspecified atom stereocenters. The van der Waals surface area contributed by atoms with E-state index < -0.39 is 8.32 Å². The summed E-state index contributed by atoms with van der Waals surface area (Å²) in [4.78, 5) is 0. The van der Waals surface area contributed by atoms with Gasteiger partial charge in [-0.15, -0.1) is 6.58 Å². The molecule has 1 rings (SSSR count). The van der Waals surface area contributed by atoms with Crippen LogP contribution in [-0.4, -0.2) is 14.9 Å². The van der Waals surface area contributed by atoms with Crippen LogP contribution in [0.1, 0.15) is 40.0 Å². The Kier molecular flexibility index (Phi) is 4.79. The van der Waals surface area contributed by atoms with E-state index in [9.17, 15) is 0 Å². The van der Waals surface area contributed by atoms with Gasteiger partial charge in [-0.2, -0.15) is 0 Å². The third kappa shape index (κ3) is 3.82. The van der Waals surface area contributed by atoms with E-state index in [1.54, 1.807) is 0 Å². The van der Waals surface area contributed by atoms with E-state index in [4.69, 9.17) is 4.43 Å². The van der Waals surface area contributed by atoms with Gasteiger partial charge in [0, 0.05) is 0 Å². The van der Waals surface area contributed by atoms with Crippen LogP contribution in [0.15, 0.2) is 24.3 Å². The second kappa shape index (κ2) is 5.53. The number of rotatable bonds is 4. The van der Waals surface area contributed by atoms with Crippen LogP contribution in [-0.2, 0) is 4.43 Å². The lowest BCUT2D eigenvalue weighted by Crippen LogP contribution is -2.41. The Labute approximate surface area is 108 Å². The van der Waals surface area contributed by atoms with Crippen molar-refractivity contribution >= 4 is 8.32 Å². The summed E-state index contributed by atoms with van der Waals surface area (Å²) in [6.45, 7) is 16.3. The highest BCUT2D eigenvalue weighted by Crippen LogP contribution is 2.37. The maximum absolute atomic E-state index is 6.29. The molecule has 0 bridgehead atoms. The number of hydrogen-bond acceptors (Lipinski definition) is 1. The van der Waals surface area contributed by atoms with E-state index in [-0.39, 0.29) is 0 Å². The van der Waals surface area contributed by atoms with E-state index in [0.717, 1.165) is 6.61 Å². The van der Waals surface area contributed by atoms with Crippen molar-refractivity contribution in [1.82, 2.24) is 0 Å². The van der Waals surface area contributed by atoms with Gasteiger partial charge in [-0.3, -0.25) is 0 Å². The Morgan fingerprint density at radius 3 is 2.65 bits per heavy atom. The molecule has 0 saturated carbocycles. The molecule has 0 saturated heterocycles. The van der Waals surface area contributed by atoms with Gasteiger partial charge in [0.1, 0.15) is 0 Å². The van der Waals surface area contributed by atoms with E-state index >= 15 is 0 Å². The lowest BCUT2D eigenvalue weighted by Gasteiger charge is -2.37. The smallest absolute Gasteiger partial charge is 0.192 e. The summed E-state index contributed by atoms with van der Waals surface area (Å²) in [5.41, 5.74) is 1.45. The molecule has 0 aliphatic heterocycles. The maximum Gasteiger partial charge on any atom is 0.192 e. The Morgan fingerprint density at radius 2 is 2.12 bits per heavy atom. The minimum absolute atomic E-state index is 0.298. The van der Waals surface area contributed by atoms with Crippen LogP contribution in [0.2, 0.25) is 18.1 Å². The Morgan fingerprint density at radius 1 is 1.47 bits per heavy atom. The van der Waals surface area contributed by atoms with Crippen LogP contribution in [0.4, 0.5) is 0 Å². The van der Waals surface area contributed by atoms with Crippen LogP contribution in [0, 0.1) is 5.92 Å². The van der Waals surface area contributed by atoms with Crippen molar-refractivity contribution in [3.8, 4) is 0 Å². The minimum Gasteiger partial charge on any atom is -0.413 e. The zero-order chi connectivity index (χ0) is 13.1. The third-order valence-corrected chi connectivity index (χ3v) is 8.77. The molecule has 98 valence electrons. The molecule has 0 aromatic carbocycles. The Hall–Kier alpha value is -0.343. The lowest BCUT2D eigenvalue weighted by molar-refractivity contribution is 0.304. The molecule has 1 atom stereocenters. The highest BCUT2D eigenvalue weighted by atomic mass is 28.4. The molecule has 0 amide bonds. The van der Waals surface area contributed by atoms with E-state index in [1.807, 2.05) is 0 Å². The van der Waals surface area contributed by atoms with Crippen LogP contribution in [0.5, 0.6) is 0 Å². The normalized spacial score (nSPS) is 22.2. The highest BCUT2D eigenvalue weighted by molar-refractivity contribution is 6.74. The van der Waals surface area contributed by atoms with Crippen molar-refractivity contribution in [2.75, 3.05) is 6.61 Å². The van der Waals surface area contributed by atoms with Gasteiger partial charge in [0.05, 0.1) is 6.61 Å². The first-order chi connectivity index (χ1) is 7.78. The standard InChI is InChI=1S/C15H28OSi/c1-7-13-10-8-9-11-14(13)12-16-17(5,6)15(2,3)4/h7,11,13H,1,8-10,12H2,2-6H3. The summed E-state index contributed by atoms with van der Waals surface area (Å²) in [6.07, 6.45) is 8.19. The fourth-order valence-electron chi connectivity index (χ4n) is 1.88. The van der Waals surface area contributed by atoms with Crippen LogP contribution in [0.3, 0.4) is 0 Å². The molecule has 17 heavy (non-hydrogen) atoms. The molecule has 0 spiro atoms. The van der Waals surface area contributed by atoms with Crippen molar-refractivity contribution in [1.29, 1.82) is 0 Å². The summed E-state index contributed by atoms with van der Waals surface area (Å²) in [7, 11) is -1.61. The molecular weight excluding hydrogens is 224 g/mol. The zero-order valence-electron chi connectivity index (χ0n) is 12.2. The fraction of sp³-hybridized carbons (Fsp3) is 0.733. The summed E-state index contributed by atoms with van der Waals surface area (Å²) in [5, 5.41) is 0.298. The molecule has 2 heteroatoms. The SMILES string of the molecule is C=CC1CCCC=C1CO[Si](C)(C)C(C)(C)C. The molecule has 1 aliphatic rings. The molecular formula is C15H28OSi. The molecule has 0 fully saturated rings. The van der Waals surface area contributed by atoms with Crippen LogP contribution < -0.4 is 0 Å². The van der Waals surface area contributed by atoms with Crippen molar-refractivity contribution in [3.63, 3.8) is 0 Å². The summed E-state index contributed by atoms with van der Waals surface area (Å²) in [6, 6.07) is 0. The van der Waals surface area contributed by atoms with E-state index in [0.29, 0.717) is 11.0 Å². The van der Waals surface area contributed by atoms with Crippen molar-refractivity contribution < 1.29 is 4.43 Å². The molecule has 0 N–H and O–H groups in total. The van der Waals surface area contributed by atoms with E-state index in [2.05, 4.69) is 52.6 Å². The van der Waals surface area contributed by atoms with Gasteiger partial charge in [0.15, 0.2) is 8.32 Å². The largest absolute Gasteiger partial charge is 0.413 e. The number of hydrogen-bond donors (Lipinski definition) is 0. The van der Waals surface area contributed by atoms with Crippen molar-refractivity contribution in [2.45, 2.75) is 58.2 Å². The Bertz CT molecular complexity index is 297. The highest BCUT2D eigenvalue weighted by Gasteiger charge is 2.37. The summed E-state index contributed by atoms with van der Waals surface area (Å²) in [5.74, 6) is 0.550. The third-order valence-electron chi connectivity index (χ3n) is 4.29. The quantitative estimate of drug-likeness (QED) is 0.510. The van der Waals surface area contributed by atoms with Gasteiger partial charge >= 0.3 is 0 Å². The van der Waals surface area contributed by atoms with Gasteiger partial charge in [-0.05, 0) is 48.9 Å². The van der Waals surface area contributed by atoms with Gasteiger partial charge in [0.25, 0.3) is 0 Å². The first-order valence-corrected chi connectivity index (χ1v) is 9.64. The minimum atomic E-state index is -1.61. The molecule has 0 aromatic rings. The second-order valence-corrected chi connectivity index (χ2v) is 11.4. The van der Waals surface area contributed by atoms with Crippen molar-refractivity contribution in [2.24, 2.45) is 5.92 Å². The van der Waals surface area contributed by atoms with Crippen LogP contribution in [0.25, 0.3) is 0 Å². The molecule has 0 radical (unpaired) electrons. The van der Waals surface area contributed by atoms with Gasteiger partial charge in [-0.1, -0.05) is 32.9 Å². The van der Waals surface area contributed by atoms with Crippen molar-refractivity contribution in [3.05, 3.63) is 24.3 Å². The van der Waals surface area contributed by atoms with E-state index in [1.165, 1.54) is 24.8 Å². The first-order valence-electron chi connectivity index (χ1n) is 6.73. The number of allylic oxidation sites excluding steroid dienone is 2. The molecule has 0 heterocycles. The second-order valence-electron chi connectivity index (χ2n) is 6.60. The summed E-state index contributed by atoms with van der Waals surface area (Å²) < 4.78 is 6.29. The fourth-order valence-corrected chi connectivity index (χ4v) is 2.84. The average molecular weight is 252 g/mol. The lowest BCUT2D eigenvalue weighted by atomic mass is 9.88. The van der Waals surface area contributed by atoms with Crippen LogP contribution >= 0.6 is 0 Å². The maximum atomic E-state index is 6.29. The summed E-state index contributed by atoms with van der Waals surface area (Å²) >= 11 is 0. The zero-order valence-corrected chi connectivity index (χ0v) is 13.2. The first kappa shape index (κ1) is 14.7. The van der Waals surface area contributed by atoms with Gasteiger partial charge in [-0.25, -0.2) is 0 Å². The van der Waals surface area contributed by atoms with Gasteiger partial charge < -0.3 is 4.43 Å². The molecule has 0 aromatic heterocycles. The average Bonchev–Trinajstić information content (AvgIpc) is 2.25. The monoisotopic (exact) mass is 252 g/mol. The predicted octanol–water partition coefficient (Wildman–Crippen LogP) is 4.92. The predicted molar refractivity (Wildman–Crippen MR) is 78.8 cm³/mol.